The van der Waals surface area contributed by atoms with Crippen molar-refractivity contribution >= 4 is 32.3 Å². The lowest BCUT2D eigenvalue weighted by Crippen LogP contribution is -2.06. The Labute approximate surface area is 132 Å². The van der Waals surface area contributed by atoms with Gasteiger partial charge in [0.25, 0.3) is 20.2 Å². The van der Waals surface area contributed by atoms with E-state index >= 15 is 0 Å². The number of amides is 1. The summed E-state index contributed by atoms with van der Waals surface area (Å²) in [4.78, 5) is 9.09. The van der Waals surface area contributed by atoms with Crippen LogP contribution in [0.5, 0.6) is 0 Å². The van der Waals surface area contributed by atoms with Crippen LogP contribution in [-0.2, 0) is 25.0 Å². The third kappa shape index (κ3) is 3.74. The quantitative estimate of drug-likeness (QED) is 0.540. The first-order chi connectivity index (χ1) is 10.6. The number of rotatable bonds is 5. The second-order valence-corrected chi connectivity index (χ2v) is 7.09. The summed E-state index contributed by atoms with van der Waals surface area (Å²) in [5.41, 5.74) is -0.307. The highest BCUT2D eigenvalue weighted by atomic mass is 32.2. The Morgan fingerprint density at radius 1 is 0.957 bits per heavy atom. The molecule has 1 amide bonds. The van der Waals surface area contributed by atoms with Crippen LogP contribution < -0.4 is 5.32 Å². The zero-order chi connectivity index (χ0) is 17.3. The maximum atomic E-state index is 11.6. The molecule has 120 valence electrons. The van der Waals surface area contributed by atoms with E-state index in [1.807, 2.05) is 0 Å². The topological polar surface area (TPSA) is 138 Å². The minimum Gasteiger partial charge on any atom is -0.318 e. The lowest BCUT2D eigenvalue weighted by atomic mass is 10.1. The predicted molar refractivity (Wildman–Crippen MR) is 79.7 cm³/mol. The molecular weight excluding hydrogens is 346 g/mol. The van der Waals surface area contributed by atoms with E-state index in [0.29, 0.717) is 0 Å². The van der Waals surface area contributed by atoms with Crippen molar-refractivity contribution in [1.29, 1.82) is 0 Å². The van der Waals surface area contributed by atoms with Crippen LogP contribution >= 0.6 is 0 Å². The number of carbonyl (C=O) groups excluding carboxylic acids is 1. The van der Waals surface area contributed by atoms with Crippen LogP contribution in [0.15, 0.2) is 46.2 Å². The molecule has 8 nitrogen and oxygen atoms in total. The molecule has 0 saturated heterocycles. The summed E-state index contributed by atoms with van der Waals surface area (Å²) < 4.78 is 64.5. The van der Waals surface area contributed by atoms with Gasteiger partial charge < -0.3 is 5.32 Å². The SMILES string of the molecule is O=[C]Nc1ccc(-c2cc[c]cc2S(=O)(=O)O)c(S(=O)(=O)O)c1. The lowest BCUT2D eigenvalue weighted by Gasteiger charge is -2.12. The molecule has 0 aliphatic carbocycles. The first-order valence-electron chi connectivity index (χ1n) is 5.87. The van der Waals surface area contributed by atoms with E-state index in [1.54, 1.807) is 0 Å². The van der Waals surface area contributed by atoms with Crippen molar-refractivity contribution < 1.29 is 30.7 Å². The Hall–Kier alpha value is -2.27. The van der Waals surface area contributed by atoms with Gasteiger partial charge in [0.2, 0.25) is 0 Å². The minimum absolute atomic E-state index is 0.0206. The molecule has 2 aromatic rings. The smallest absolute Gasteiger partial charge is 0.314 e. The summed E-state index contributed by atoms with van der Waals surface area (Å²) in [6.45, 7) is 0. The lowest BCUT2D eigenvalue weighted by molar-refractivity contribution is 0.480. The fourth-order valence-corrected chi connectivity index (χ4v) is 3.35. The molecule has 2 aromatic carbocycles. The second-order valence-electron chi connectivity index (χ2n) is 4.31. The van der Waals surface area contributed by atoms with E-state index in [4.69, 9.17) is 0 Å². The normalized spacial score (nSPS) is 11.9. The molecule has 0 unspecified atom stereocenters. The third-order valence-electron chi connectivity index (χ3n) is 2.85. The Bertz CT molecular complexity index is 966. The van der Waals surface area contributed by atoms with E-state index in [1.165, 1.54) is 30.7 Å². The van der Waals surface area contributed by atoms with Gasteiger partial charge in [-0.2, -0.15) is 16.8 Å². The van der Waals surface area contributed by atoms with Crippen molar-refractivity contribution in [3.05, 3.63) is 42.5 Å². The van der Waals surface area contributed by atoms with Crippen LogP contribution in [0.4, 0.5) is 5.69 Å². The molecular formula is C13H9NO7S2. The van der Waals surface area contributed by atoms with E-state index in [9.17, 15) is 30.7 Å². The molecule has 3 N–H and O–H groups in total. The molecule has 0 bridgehead atoms. The zero-order valence-corrected chi connectivity index (χ0v) is 12.8. The molecule has 2 rings (SSSR count). The molecule has 0 aliphatic rings. The van der Waals surface area contributed by atoms with Crippen molar-refractivity contribution in [1.82, 2.24) is 0 Å². The van der Waals surface area contributed by atoms with Gasteiger partial charge in [0.05, 0.1) is 0 Å². The molecule has 10 heteroatoms. The second kappa shape index (κ2) is 6.08. The van der Waals surface area contributed by atoms with E-state index in [2.05, 4.69) is 11.4 Å². The molecule has 0 fully saturated rings. The molecule has 23 heavy (non-hydrogen) atoms. The molecule has 2 radical (unpaired) electrons. The zero-order valence-electron chi connectivity index (χ0n) is 11.2. The van der Waals surface area contributed by atoms with Crippen LogP contribution in [0.1, 0.15) is 0 Å². The van der Waals surface area contributed by atoms with Gasteiger partial charge in [-0.3, -0.25) is 13.9 Å². The predicted octanol–water partition coefficient (Wildman–Crippen LogP) is 1.13. The van der Waals surface area contributed by atoms with Gasteiger partial charge in [-0.05, 0) is 24.3 Å². The van der Waals surface area contributed by atoms with Gasteiger partial charge in [0.15, 0.2) is 0 Å². The Balaban J connectivity index is 2.82. The highest BCUT2D eigenvalue weighted by Gasteiger charge is 2.23. The average molecular weight is 355 g/mol. The number of nitrogens with one attached hydrogen (secondary N) is 1. The van der Waals surface area contributed by atoms with Crippen LogP contribution in [0.25, 0.3) is 11.1 Å². The summed E-state index contributed by atoms with van der Waals surface area (Å²) in [5.74, 6) is 0. The van der Waals surface area contributed by atoms with Gasteiger partial charge in [0, 0.05) is 16.8 Å². The first-order valence-corrected chi connectivity index (χ1v) is 8.75. The van der Waals surface area contributed by atoms with Crippen molar-refractivity contribution in [2.75, 3.05) is 5.32 Å². The third-order valence-corrected chi connectivity index (χ3v) is 4.64. The van der Waals surface area contributed by atoms with Crippen molar-refractivity contribution in [3.63, 3.8) is 0 Å². The number of anilines is 1. The summed E-state index contributed by atoms with van der Waals surface area (Å²) >= 11 is 0. The molecule has 0 heterocycles. The summed E-state index contributed by atoms with van der Waals surface area (Å²) in [6.07, 6.45) is 1.34. The monoisotopic (exact) mass is 355 g/mol. The molecule has 0 aromatic heterocycles. The highest BCUT2D eigenvalue weighted by molar-refractivity contribution is 7.86. The maximum Gasteiger partial charge on any atom is 0.314 e. The number of benzene rings is 2. The van der Waals surface area contributed by atoms with E-state index in [-0.39, 0.29) is 16.8 Å². The molecule has 0 spiro atoms. The van der Waals surface area contributed by atoms with Crippen LogP contribution in [0.2, 0.25) is 0 Å². The number of hydrogen-bond donors (Lipinski definition) is 3. The molecule has 0 atom stereocenters. The van der Waals surface area contributed by atoms with Gasteiger partial charge in [-0.15, -0.1) is 0 Å². The molecule has 0 saturated carbocycles. The number of hydrogen-bond acceptors (Lipinski definition) is 5. The van der Waals surface area contributed by atoms with Crippen LogP contribution in [0, 0.1) is 6.07 Å². The summed E-state index contributed by atoms with van der Waals surface area (Å²) in [6, 6.07) is 9.32. The van der Waals surface area contributed by atoms with Gasteiger partial charge >= 0.3 is 6.41 Å². The maximum absolute atomic E-state index is 11.6. The van der Waals surface area contributed by atoms with Gasteiger partial charge in [0.1, 0.15) is 9.79 Å². The first kappa shape index (κ1) is 17.1. The summed E-state index contributed by atoms with van der Waals surface area (Å²) in [7, 11) is -9.39. The van der Waals surface area contributed by atoms with Crippen molar-refractivity contribution in [2.45, 2.75) is 9.79 Å². The van der Waals surface area contributed by atoms with Crippen molar-refractivity contribution in [2.24, 2.45) is 0 Å². The average Bonchev–Trinajstić information content (AvgIpc) is 2.46. The van der Waals surface area contributed by atoms with Crippen LogP contribution in [0.3, 0.4) is 0 Å². The van der Waals surface area contributed by atoms with Gasteiger partial charge in [-0.25, -0.2) is 0 Å². The van der Waals surface area contributed by atoms with Crippen molar-refractivity contribution in [3.8, 4) is 11.1 Å². The minimum atomic E-state index is -4.74. The Kier molecular flexibility index (Phi) is 4.52. The Morgan fingerprint density at radius 2 is 1.57 bits per heavy atom. The van der Waals surface area contributed by atoms with Gasteiger partial charge in [-0.1, -0.05) is 18.2 Å². The van der Waals surface area contributed by atoms with E-state index < -0.39 is 30.0 Å². The fourth-order valence-electron chi connectivity index (χ4n) is 1.95. The summed E-state index contributed by atoms with van der Waals surface area (Å²) in [5, 5.41) is 2.09. The highest BCUT2D eigenvalue weighted by Crippen LogP contribution is 2.33. The largest absolute Gasteiger partial charge is 0.318 e. The molecule has 0 aliphatic heterocycles. The fraction of sp³-hybridized carbons (Fsp3) is 0. The Morgan fingerprint density at radius 3 is 2.13 bits per heavy atom. The van der Waals surface area contributed by atoms with Crippen LogP contribution in [-0.4, -0.2) is 32.4 Å². The van der Waals surface area contributed by atoms with E-state index in [0.717, 1.165) is 12.1 Å². The standard InChI is InChI=1S/C13H9NO7S2/c15-8-14-9-5-6-11(13(7-9)23(19,20)21)10-3-1-2-4-12(10)22(16,17)18/h1,3-7H,(H,14,15)(H,16,17,18)(H,19,20,21).